The van der Waals surface area contributed by atoms with Crippen LogP contribution in [0.5, 0.6) is 17.2 Å². The highest BCUT2D eigenvalue weighted by atomic mass is 16.5. The Morgan fingerprint density at radius 1 is 1.08 bits per heavy atom. The Morgan fingerprint density at radius 2 is 1.80 bits per heavy atom. The van der Waals surface area contributed by atoms with Crippen LogP contribution >= 0.6 is 0 Å². The quantitative estimate of drug-likeness (QED) is 0.760. The zero-order chi connectivity index (χ0) is 18.4. The van der Waals surface area contributed by atoms with Gasteiger partial charge in [-0.15, -0.1) is 0 Å². The molecule has 7 heteroatoms. The summed E-state index contributed by atoms with van der Waals surface area (Å²) in [7, 11) is 6.28. The van der Waals surface area contributed by atoms with Crippen molar-refractivity contribution in [3.05, 3.63) is 29.1 Å². The number of aromatic nitrogens is 1. The first kappa shape index (κ1) is 18.6. The molecule has 0 aliphatic carbocycles. The average molecular weight is 345 g/mol. The van der Waals surface area contributed by atoms with Crippen LogP contribution in [0.15, 0.2) is 12.1 Å². The normalized spacial score (nSPS) is 10.4. The molecule has 134 valence electrons. The topological polar surface area (TPSA) is 103 Å². The van der Waals surface area contributed by atoms with E-state index in [1.54, 1.807) is 34.5 Å². The number of nitrogens with two attached hydrogens (primary N) is 1. The number of hydrogen-bond donors (Lipinski definition) is 2. The van der Waals surface area contributed by atoms with Crippen LogP contribution in [0.2, 0.25) is 0 Å². The Bertz CT molecular complexity index is 778. The highest BCUT2D eigenvalue weighted by molar-refractivity contribution is 5.81. The van der Waals surface area contributed by atoms with Crippen molar-refractivity contribution in [2.75, 3.05) is 35.0 Å². The van der Waals surface area contributed by atoms with E-state index in [4.69, 9.17) is 24.7 Å². The lowest BCUT2D eigenvalue weighted by atomic mass is 9.97. The Hall–Kier alpha value is -2.69. The number of methoxy groups -OCH3 is 4. The molecular formula is C18H23N3O4. The van der Waals surface area contributed by atoms with Crippen molar-refractivity contribution in [1.82, 2.24) is 4.98 Å². The largest absolute Gasteiger partial charge is 0.493 e. The second-order valence-electron chi connectivity index (χ2n) is 5.30. The fraction of sp³-hybridized carbons (Fsp3) is 0.389. The fourth-order valence-corrected chi connectivity index (χ4v) is 2.94. The molecule has 0 fully saturated rings. The molecule has 0 aliphatic heterocycles. The Balaban J connectivity index is 2.80. The molecule has 1 aromatic carbocycles. The molecule has 0 amide bonds. The smallest absolute Gasteiger partial charge is 0.203 e. The van der Waals surface area contributed by atoms with Crippen molar-refractivity contribution in [3.63, 3.8) is 0 Å². The summed E-state index contributed by atoms with van der Waals surface area (Å²) >= 11 is 0. The van der Waals surface area contributed by atoms with Crippen molar-refractivity contribution >= 4 is 0 Å². The zero-order valence-corrected chi connectivity index (χ0v) is 14.9. The molecule has 1 aromatic heterocycles. The number of hydrogen-bond acceptors (Lipinski definition) is 6. The van der Waals surface area contributed by atoms with Gasteiger partial charge in [0, 0.05) is 35.9 Å². The van der Waals surface area contributed by atoms with Gasteiger partial charge in [-0.1, -0.05) is 0 Å². The highest BCUT2D eigenvalue weighted by Gasteiger charge is 2.24. The second-order valence-corrected chi connectivity index (χ2v) is 5.30. The first-order valence-corrected chi connectivity index (χ1v) is 7.78. The van der Waals surface area contributed by atoms with Gasteiger partial charge in [0.25, 0.3) is 0 Å². The van der Waals surface area contributed by atoms with E-state index < -0.39 is 0 Å². The van der Waals surface area contributed by atoms with Gasteiger partial charge in [-0.2, -0.15) is 5.26 Å². The molecule has 2 rings (SSSR count). The average Bonchev–Trinajstić information content (AvgIpc) is 2.98. The van der Waals surface area contributed by atoms with Gasteiger partial charge in [0.2, 0.25) is 5.75 Å². The highest BCUT2D eigenvalue weighted by Crippen LogP contribution is 2.46. The minimum absolute atomic E-state index is 0.288. The monoisotopic (exact) mass is 345 g/mol. The van der Waals surface area contributed by atoms with Gasteiger partial charge in [0.05, 0.1) is 27.9 Å². The number of benzene rings is 1. The first-order chi connectivity index (χ1) is 12.2. The predicted octanol–water partition coefficient (Wildman–Crippen LogP) is 2.23. The number of aromatic amines is 1. The van der Waals surface area contributed by atoms with Crippen molar-refractivity contribution in [1.29, 1.82) is 5.26 Å². The van der Waals surface area contributed by atoms with Gasteiger partial charge in [-0.25, -0.2) is 0 Å². The SMILES string of the molecule is COCc1c(C#N)[nH]c(CCN)c1-c1ccc(OC)c(OC)c1OC. The maximum Gasteiger partial charge on any atom is 0.203 e. The number of rotatable bonds is 8. The van der Waals surface area contributed by atoms with E-state index >= 15 is 0 Å². The summed E-state index contributed by atoms with van der Waals surface area (Å²) in [5.74, 6) is 1.58. The molecule has 0 radical (unpaired) electrons. The van der Waals surface area contributed by atoms with E-state index in [0.717, 1.165) is 22.4 Å². The van der Waals surface area contributed by atoms with E-state index in [9.17, 15) is 5.26 Å². The summed E-state index contributed by atoms with van der Waals surface area (Å²) in [4.78, 5) is 3.15. The first-order valence-electron chi connectivity index (χ1n) is 7.78. The van der Waals surface area contributed by atoms with E-state index in [0.29, 0.717) is 35.9 Å². The molecule has 0 saturated carbocycles. The molecule has 7 nitrogen and oxygen atoms in total. The molecule has 25 heavy (non-hydrogen) atoms. The van der Waals surface area contributed by atoms with Gasteiger partial charge >= 0.3 is 0 Å². The van der Waals surface area contributed by atoms with Crippen LogP contribution in [-0.4, -0.2) is 40.0 Å². The lowest BCUT2D eigenvalue weighted by Crippen LogP contribution is -2.05. The van der Waals surface area contributed by atoms with Crippen LogP contribution in [0.1, 0.15) is 17.0 Å². The molecule has 0 saturated heterocycles. The maximum absolute atomic E-state index is 9.46. The number of nitriles is 1. The van der Waals surface area contributed by atoms with Gasteiger partial charge in [-0.3, -0.25) is 0 Å². The van der Waals surface area contributed by atoms with E-state index in [2.05, 4.69) is 11.1 Å². The number of ether oxygens (including phenoxy) is 4. The van der Waals surface area contributed by atoms with Gasteiger partial charge in [-0.05, 0) is 18.7 Å². The minimum atomic E-state index is 0.288. The summed E-state index contributed by atoms with van der Waals surface area (Å²) in [5.41, 5.74) is 9.46. The third-order valence-corrected chi connectivity index (χ3v) is 3.95. The second kappa shape index (κ2) is 8.42. The van der Waals surface area contributed by atoms with E-state index in [1.165, 1.54) is 0 Å². The van der Waals surface area contributed by atoms with Gasteiger partial charge in [0.1, 0.15) is 11.8 Å². The summed E-state index contributed by atoms with van der Waals surface area (Å²) in [6.07, 6.45) is 0.589. The lowest BCUT2D eigenvalue weighted by molar-refractivity contribution is 0.185. The Labute approximate surface area is 147 Å². The molecule has 0 bridgehead atoms. The molecule has 2 aromatic rings. The summed E-state index contributed by atoms with van der Waals surface area (Å²) < 4.78 is 21.7. The fourth-order valence-electron chi connectivity index (χ4n) is 2.94. The summed E-state index contributed by atoms with van der Waals surface area (Å²) in [6, 6.07) is 5.87. The van der Waals surface area contributed by atoms with Gasteiger partial charge < -0.3 is 29.7 Å². The molecule has 0 aliphatic rings. The maximum atomic E-state index is 9.46. The molecule has 0 unspecified atom stereocenters. The minimum Gasteiger partial charge on any atom is -0.493 e. The standard InChI is InChI=1S/C18H23N3O4/c1-22-10-12-14(9-20)21-13(7-8-19)16(12)11-5-6-15(23-2)18(25-4)17(11)24-3/h5-6,21H,7-8,10,19H2,1-4H3. The molecule has 3 N–H and O–H groups in total. The van der Waals surface area contributed by atoms with E-state index in [1.807, 2.05) is 6.07 Å². The zero-order valence-electron chi connectivity index (χ0n) is 14.9. The van der Waals surface area contributed by atoms with Crippen LogP contribution in [0, 0.1) is 11.3 Å². The van der Waals surface area contributed by atoms with Crippen LogP contribution in [-0.2, 0) is 17.8 Å². The van der Waals surface area contributed by atoms with Crippen molar-refractivity contribution in [3.8, 4) is 34.4 Å². The summed E-state index contributed by atoms with van der Waals surface area (Å²) in [6.45, 7) is 0.733. The number of H-pyrrole nitrogens is 1. The van der Waals surface area contributed by atoms with E-state index in [-0.39, 0.29) is 6.61 Å². The van der Waals surface area contributed by atoms with Crippen molar-refractivity contribution in [2.45, 2.75) is 13.0 Å². The van der Waals surface area contributed by atoms with Crippen molar-refractivity contribution < 1.29 is 18.9 Å². The van der Waals surface area contributed by atoms with Gasteiger partial charge in [0.15, 0.2) is 11.5 Å². The van der Waals surface area contributed by atoms with Crippen LogP contribution in [0.4, 0.5) is 0 Å². The molecule has 1 heterocycles. The third kappa shape index (κ3) is 3.40. The van der Waals surface area contributed by atoms with Crippen LogP contribution < -0.4 is 19.9 Å². The number of nitrogens with one attached hydrogen (secondary N) is 1. The molecular weight excluding hydrogens is 322 g/mol. The number of nitrogens with zero attached hydrogens (tertiary/aromatic N) is 1. The summed E-state index contributed by atoms with van der Waals surface area (Å²) in [5, 5.41) is 9.46. The molecule has 0 atom stereocenters. The Kier molecular flexibility index (Phi) is 6.28. The predicted molar refractivity (Wildman–Crippen MR) is 94.1 cm³/mol. The molecule has 0 spiro atoms. The lowest BCUT2D eigenvalue weighted by Gasteiger charge is -2.17. The van der Waals surface area contributed by atoms with Crippen molar-refractivity contribution in [2.24, 2.45) is 5.73 Å². The van der Waals surface area contributed by atoms with Crippen LogP contribution in [0.3, 0.4) is 0 Å². The third-order valence-electron chi connectivity index (χ3n) is 3.95. The Morgan fingerprint density at radius 3 is 2.32 bits per heavy atom. The van der Waals surface area contributed by atoms with Crippen LogP contribution in [0.25, 0.3) is 11.1 Å².